The normalized spacial score (nSPS) is 9.38. The average Bonchev–Trinajstić information content (AvgIpc) is 2.17. The summed E-state index contributed by atoms with van der Waals surface area (Å²) in [5, 5.41) is 10.8. The molecule has 0 radical (unpaired) electrons. The van der Waals surface area contributed by atoms with Crippen LogP contribution in [0.1, 0.15) is 0 Å². The number of nitro groups is 1. The fourth-order valence-corrected chi connectivity index (χ4v) is 0.892. The van der Waals surface area contributed by atoms with Crippen LogP contribution in [-0.2, 0) is 0 Å². The van der Waals surface area contributed by atoms with E-state index in [4.69, 9.17) is 4.74 Å². The van der Waals surface area contributed by atoms with Crippen molar-refractivity contribution in [2.45, 2.75) is 0 Å². The van der Waals surface area contributed by atoms with Crippen LogP contribution < -0.4 is 9.75 Å². The van der Waals surface area contributed by atoms with Gasteiger partial charge in [0, 0.05) is 0 Å². The summed E-state index contributed by atoms with van der Waals surface area (Å²) in [7, 11) is 2.94. The Hall–Kier alpha value is -1.78. The summed E-state index contributed by atoms with van der Waals surface area (Å²) in [5.41, 5.74) is 0.519. The highest BCUT2D eigenvalue weighted by molar-refractivity contribution is 5.45. The van der Waals surface area contributed by atoms with E-state index in [0.29, 0.717) is 11.4 Å². The van der Waals surface area contributed by atoms with Crippen LogP contribution in [-0.4, -0.2) is 19.2 Å². The molecule has 0 heterocycles. The molecule has 0 fully saturated rings. The van der Waals surface area contributed by atoms with Gasteiger partial charge >= 0.3 is 0 Å². The standard InChI is InChI=1S/C8H10N2O3/c1-9(10(11)12)7-3-5-8(13-2)6-4-7/h3-6H,1-2H3. The van der Waals surface area contributed by atoms with E-state index in [0.717, 1.165) is 5.01 Å². The predicted molar refractivity (Wildman–Crippen MR) is 48.4 cm³/mol. The van der Waals surface area contributed by atoms with Crippen LogP contribution >= 0.6 is 0 Å². The molecular formula is C8H10N2O3. The molecule has 0 aliphatic carbocycles. The monoisotopic (exact) mass is 182 g/mol. The molecule has 0 amide bonds. The van der Waals surface area contributed by atoms with Crippen molar-refractivity contribution in [3.63, 3.8) is 0 Å². The third-order valence-corrected chi connectivity index (χ3v) is 1.69. The second-order valence-electron chi connectivity index (χ2n) is 2.46. The Morgan fingerprint density at radius 1 is 1.38 bits per heavy atom. The molecule has 5 nitrogen and oxygen atoms in total. The predicted octanol–water partition coefficient (Wildman–Crippen LogP) is 1.32. The second-order valence-corrected chi connectivity index (χ2v) is 2.46. The van der Waals surface area contributed by atoms with Crippen LogP contribution in [0.25, 0.3) is 0 Å². The summed E-state index contributed by atoms with van der Waals surface area (Å²) in [6.45, 7) is 0. The maximum absolute atomic E-state index is 10.4. The van der Waals surface area contributed by atoms with Gasteiger partial charge in [0.25, 0.3) is 0 Å². The maximum atomic E-state index is 10.4. The summed E-state index contributed by atoms with van der Waals surface area (Å²) in [4.78, 5) is 10.4. The first-order valence-electron chi connectivity index (χ1n) is 3.67. The zero-order chi connectivity index (χ0) is 9.84. The Bertz CT molecular complexity index is 297. The van der Waals surface area contributed by atoms with E-state index in [2.05, 4.69) is 0 Å². The summed E-state index contributed by atoms with van der Waals surface area (Å²) >= 11 is 0. The van der Waals surface area contributed by atoms with Crippen molar-refractivity contribution in [1.29, 1.82) is 0 Å². The largest absolute Gasteiger partial charge is 0.497 e. The van der Waals surface area contributed by atoms with Gasteiger partial charge in [-0.25, -0.2) is 10.1 Å². The lowest BCUT2D eigenvalue weighted by Gasteiger charge is -2.08. The molecule has 5 heteroatoms. The number of nitrogens with zero attached hydrogens (tertiary/aromatic N) is 2. The first kappa shape index (κ1) is 9.31. The van der Waals surface area contributed by atoms with E-state index < -0.39 is 5.03 Å². The zero-order valence-electron chi connectivity index (χ0n) is 7.43. The van der Waals surface area contributed by atoms with Crippen LogP contribution in [0.5, 0.6) is 5.75 Å². The van der Waals surface area contributed by atoms with Gasteiger partial charge in [-0.1, -0.05) is 5.01 Å². The highest BCUT2D eigenvalue weighted by Crippen LogP contribution is 2.17. The Labute approximate surface area is 75.7 Å². The van der Waals surface area contributed by atoms with Crippen molar-refractivity contribution in [3.05, 3.63) is 34.4 Å². The molecule has 0 spiro atoms. The van der Waals surface area contributed by atoms with E-state index >= 15 is 0 Å². The molecule has 0 bridgehead atoms. The van der Waals surface area contributed by atoms with E-state index in [1.54, 1.807) is 31.4 Å². The Balaban J connectivity index is 2.85. The van der Waals surface area contributed by atoms with Crippen molar-refractivity contribution >= 4 is 5.69 Å². The molecule has 70 valence electrons. The minimum Gasteiger partial charge on any atom is -0.497 e. The first-order chi connectivity index (χ1) is 6.15. The van der Waals surface area contributed by atoms with E-state index in [9.17, 15) is 10.1 Å². The fraction of sp³-hybridized carbons (Fsp3) is 0.250. The van der Waals surface area contributed by atoms with Gasteiger partial charge in [0.1, 0.15) is 11.4 Å². The molecule has 0 aliphatic rings. The minimum absolute atomic E-state index is 0.484. The smallest absolute Gasteiger partial charge is 0.164 e. The SMILES string of the molecule is COc1ccc(N(C)[N+](=O)[O-])cc1. The summed E-state index contributed by atoms with van der Waals surface area (Å²) in [5.74, 6) is 0.681. The van der Waals surface area contributed by atoms with Gasteiger partial charge in [0.2, 0.25) is 0 Å². The number of benzene rings is 1. The molecular weight excluding hydrogens is 172 g/mol. The van der Waals surface area contributed by atoms with Crippen molar-refractivity contribution in [2.24, 2.45) is 0 Å². The quantitative estimate of drug-likeness (QED) is 0.522. The minimum atomic E-state index is -0.484. The van der Waals surface area contributed by atoms with Crippen molar-refractivity contribution in [2.75, 3.05) is 19.2 Å². The molecule has 0 N–H and O–H groups in total. The molecule has 0 saturated carbocycles. The van der Waals surface area contributed by atoms with Crippen LogP contribution in [0.3, 0.4) is 0 Å². The number of anilines is 1. The number of hydrogen-bond donors (Lipinski definition) is 0. The van der Waals surface area contributed by atoms with E-state index in [1.807, 2.05) is 0 Å². The van der Waals surface area contributed by atoms with Crippen molar-refractivity contribution < 1.29 is 9.77 Å². The Morgan fingerprint density at radius 2 is 1.92 bits per heavy atom. The zero-order valence-corrected chi connectivity index (χ0v) is 7.43. The highest BCUT2D eigenvalue weighted by Gasteiger charge is 2.09. The van der Waals surface area contributed by atoms with E-state index in [-0.39, 0.29) is 0 Å². The van der Waals surface area contributed by atoms with Crippen LogP contribution in [0.2, 0.25) is 0 Å². The molecule has 0 aromatic heterocycles. The molecule has 13 heavy (non-hydrogen) atoms. The van der Waals surface area contributed by atoms with Crippen LogP contribution in [0, 0.1) is 10.1 Å². The van der Waals surface area contributed by atoms with Gasteiger partial charge in [-0.2, -0.15) is 0 Å². The van der Waals surface area contributed by atoms with Crippen molar-refractivity contribution in [1.82, 2.24) is 0 Å². The number of hydrazine groups is 1. The lowest BCUT2D eigenvalue weighted by atomic mass is 10.3. The Kier molecular flexibility index (Phi) is 2.69. The molecule has 0 saturated heterocycles. The van der Waals surface area contributed by atoms with Gasteiger partial charge < -0.3 is 4.74 Å². The number of rotatable bonds is 3. The van der Waals surface area contributed by atoms with Gasteiger partial charge in [-0.15, -0.1) is 0 Å². The Morgan fingerprint density at radius 3 is 2.31 bits per heavy atom. The third-order valence-electron chi connectivity index (χ3n) is 1.69. The van der Waals surface area contributed by atoms with Crippen LogP contribution in [0.15, 0.2) is 24.3 Å². The van der Waals surface area contributed by atoms with Gasteiger partial charge in [0.05, 0.1) is 14.2 Å². The van der Waals surface area contributed by atoms with Gasteiger partial charge in [-0.05, 0) is 24.3 Å². The van der Waals surface area contributed by atoms with Crippen LogP contribution in [0.4, 0.5) is 5.69 Å². The number of hydrogen-bond acceptors (Lipinski definition) is 3. The maximum Gasteiger partial charge on any atom is 0.164 e. The lowest BCUT2D eigenvalue weighted by Crippen LogP contribution is -2.24. The molecule has 1 rings (SSSR count). The average molecular weight is 182 g/mol. The molecule has 0 unspecified atom stereocenters. The summed E-state index contributed by atoms with van der Waals surface area (Å²) in [6, 6.07) is 6.61. The topological polar surface area (TPSA) is 55.6 Å². The molecule has 0 aliphatic heterocycles. The van der Waals surface area contributed by atoms with Gasteiger partial charge in [-0.3, -0.25) is 0 Å². The first-order valence-corrected chi connectivity index (χ1v) is 3.67. The number of methoxy groups -OCH3 is 1. The van der Waals surface area contributed by atoms with Crippen molar-refractivity contribution in [3.8, 4) is 5.75 Å². The lowest BCUT2D eigenvalue weighted by molar-refractivity contribution is -0.490. The molecule has 0 atom stereocenters. The summed E-state index contributed by atoms with van der Waals surface area (Å²) in [6.07, 6.45) is 0. The fourth-order valence-electron chi connectivity index (χ4n) is 0.892. The third kappa shape index (κ3) is 2.08. The summed E-state index contributed by atoms with van der Waals surface area (Å²) < 4.78 is 4.92. The second kappa shape index (κ2) is 3.75. The van der Waals surface area contributed by atoms with E-state index in [1.165, 1.54) is 7.05 Å². The molecule has 1 aromatic rings. The van der Waals surface area contributed by atoms with Gasteiger partial charge in [0.15, 0.2) is 5.03 Å². The molecule has 1 aromatic carbocycles. The highest BCUT2D eigenvalue weighted by atomic mass is 16.7. The number of ether oxygens (including phenoxy) is 1.